The van der Waals surface area contributed by atoms with Gasteiger partial charge in [-0.2, -0.15) is 0 Å². The van der Waals surface area contributed by atoms with Crippen molar-refractivity contribution in [2.75, 3.05) is 18.4 Å². The molecule has 1 aliphatic rings. The van der Waals surface area contributed by atoms with E-state index in [4.69, 9.17) is 0 Å². The molecule has 0 saturated carbocycles. The third-order valence-corrected chi connectivity index (χ3v) is 4.33. The van der Waals surface area contributed by atoms with Crippen LogP contribution in [0.1, 0.15) is 19.3 Å². The van der Waals surface area contributed by atoms with Crippen LogP contribution in [-0.2, 0) is 0 Å². The number of nitrogens with one attached hydrogen (secondary N) is 2. The Kier molecular flexibility index (Phi) is 4.10. The van der Waals surface area contributed by atoms with Crippen LogP contribution in [0.15, 0.2) is 35.8 Å². The van der Waals surface area contributed by atoms with Crippen LogP contribution in [0.2, 0.25) is 0 Å². The second kappa shape index (κ2) is 6.17. The second-order valence-corrected chi connectivity index (χ2v) is 5.83. The van der Waals surface area contributed by atoms with Gasteiger partial charge in [0, 0.05) is 28.9 Å². The van der Waals surface area contributed by atoms with Crippen molar-refractivity contribution in [1.82, 2.24) is 10.3 Å². The van der Waals surface area contributed by atoms with E-state index >= 15 is 0 Å². The quantitative estimate of drug-likeness (QED) is 0.900. The van der Waals surface area contributed by atoms with Gasteiger partial charge in [0.2, 0.25) is 0 Å². The minimum atomic E-state index is 0.598. The predicted octanol–water partition coefficient (Wildman–Crippen LogP) is 3.36. The van der Waals surface area contributed by atoms with E-state index in [-0.39, 0.29) is 0 Å². The van der Waals surface area contributed by atoms with Crippen LogP contribution >= 0.6 is 11.3 Å². The molecule has 0 bridgehead atoms. The highest BCUT2D eigenvalue weighted by Crippen LogP contribution is 2.24. The maximum atomic E-state index is 4.33. The van der Waals surface area contributed by atoms with E-state index in [0.717, 1.165) is 18.1 Å². The monoisotopic (exact) mass is 273 g/mol. The summed E-state index contributed by atoms with van der Waals surface area (Å²) >= 11 is 1.68. The van der Waals surface area contributed by atoms with E-state index in [1.807, 2.05) is 11.6 Å². The number of nitrogens with zero attached hydrogens (tertiary/aromatic N) is 1. The van der Waals surface area contributed by atoms with Gasteiger partial charge in [-0.25, -0.2) is 4.98 Å². The molecule has 0 radical (unpaired) electrons. The second-order valence-electron chi connectivity index (χ2n) is 4.94. The van der Waals surface area contributed by atoms with Gasteiger partial charge in [0.25, 0.3) is 0 Å². The maximum Gasteiger partial charge on any atom is 0.123 e. The molecule has 1 aromatic heterocycles. The number of hydrogen-bond donors (Lipinski definition) is 2. The Morgan fingerprint density at radius 2 is 2.05 bits per heavy atom. The predicted molar refractivity (Wildman–Crippen MR) is 81.7 cm³/mol. The number of thiazole rings is 1. The lowest BCUT2D eigenvalue weighted by Crippen LogP contribution is -2.21. The van der Waals surface area contributed by atoms with Gasteiger partial charge in [-0.05, 0) is 56.6 Å². The summed E-state index contributed by atoms with van der Waals surface area (Å²) in [5, 5.41) is 10.2. The lowest BCUT2D eigenvalue weighted by molar-refractivity contribution is 0.637. The lowest BCUT2D eigenvalue weighted by atomic mass is 10.1. The van der Waals surface area contributed by atoms with Crippen LogP contribution < -0.4 is 10.6 Å². The van der Waals surface area contributed by atoms with E-state index < -0.39 is 0 Å². The van der Waals surface area contributed by atoms with Crippen molar-refractivity contribution in [2.45, 2.75) is 25.3 Å². The van der Waals surface area contributed by atoms with E-state index in [9.17, 15) is 0 Å². The highest BCUT2D eigenvalue weighted by molar-refractivity contribution is 7.13. The Balaban J connectivity index is 1.65. The smallest absolute Gasteiger partial charge is 0.123 e. The Labute approximate surface area is 118 Å². The molecule has 0 aliphatic carbocycles. The summed E-state index contributed by atoms with van der Waals surface area (Å²) < 4.78 is 0. The summed E-state index contributed by atoms with van der Waals surface area (Å²) in [7, 11) is 0. The molecule has 2 aromatic rings. The number of aromatic nitrogens is 1. The molecule has 0 amide bonds. The minimum absolute atomic E-state index is 0.598. The number of rotatable bonds is 3. The van der Waals surface area contributed by atoms with Crippen molar-refractivity contribution in [3.63, 3.8) is 0 Å². The molecule has 2 N–H and O–H groups in total. The number of anilines is 1. The van der Waals surface area contributed by atoms with E-state index in [2.05, 4.69) is 39.9 Å². The molecular formula is C15H19N3S. The van der Waals surface area contributed by atoms with E-state index in [1.165, 1.54) is 30.5 Å². The molecule has 2 heterocycles. The van der Waals surface area contributed by atoms with Crippen LogP contribution in [0.4, 0.5) is 5.69 Å². The third kappa shape index (κ3) is 3.33. The first kappa shape index (κ1) is 12.6. The van der Waals surface area contributed by atoms with Crippen LogP contribution in [0.3, 0.4) is 0 Å². The van der Waals surface area contributed by atoms with Crippen LogP contribution in [0.25, 0.3) is 10.6 Å². The molecule has 3 nitrogen and oxygen atoms in total. The normalized spacial score (nSPS) is 19.9. The molecular weight excluding hydrogens is 254 g/mol. The molecule has 19 heavy (non-hydrogen) atoms. The summed E-state index contributed by atoms with van der Waals surface area (Å²) in [5.74, 6) is 0. The van der Waals surface area contributed by atoms with E-state index in [1.54, 1.807) is 11.3 Å². The van der Waals surface area contributed by atoms with Gasteiger partial charge in [-0.1, -0.05) is 0 Å². The van der Waals surface area contributed by atoms with Gasteiger partial charge in [0.15, 0.2) is 0 Å². The molecule has 0 spiro atoms. The Hall–Kier alpha value is -1.39. The third-order valence-electron chi connectivity index (χ3n) is 3.51. The fourth-order valence-electron chi connectivity index (χ4n) is 2.47. The van der Waals surface area contributed by atoms with Gasteiger partial charge < -0.3 is 10.6 Å². The Bertz CT molecular complexity index is 485. The first-order valence-electron chi connectivity index (χ1n) is 6.89. The zero-order valence-electron chi connectivity index (χ0n) is 10.9. The SMILES string of the molecule is c1csc(-c2ccc(NC3CCCNCC3)cc2)n1. The molecule has 1 atom stereocenters. The van der Waals surface area contributed by atoms with Gasteiger partial charge in [-0.15, -0.1) is 11.3 Å². The molecule has 4 heteroatoms. The summed E-state index contributed by atoms with van der Waals surface area (Å²) in [6, 6.07) is 9.22. The molecule has 1 aromatic carbocycles. The van der Waals surface area contributed by atoms with Gasteiger partial charge in [-0.3, -0.25) is 0 Å². The van der Waals surface area contributed by atoms with Crippen molar-refractivity contribution < 1.29 is 0 Å². The molecule has 1 fully saturated rings. The maximum absolute atomic E-state index is 4.33. The van der Waals surface area contributed by atoms with Crippen molar-refractivity contribution in [3.8, 4) is 10.6 Å². The minimum Gasteiger partial charge on any atom is -0.382 e. The summed E-state index contributed by atoms with van der Waals surface area (Å²) in [4.78, 5) is 4.33. The van der Waals surface area contributed by atoms with Crippen molar-refractivity contribution in [3.05, 3.63) is 35.8 Å². The number of hydrogen-bond acceptors (Lipinski definition) is 4. The Morgan fingerprint density at radius 3 is 2.84 bits per heavy atom. The number of benzene rings is 1. The highest BCUT2D eigenvalue weighted by Gasteiger charge is 2.11. The standard InChI is InChI=1S/C15H19N3S/c1-2-13(7-9-16-8-1)18-14-5-3-12(4-6-14)15-17-10-11-19-15/h3-6,10-11,13,16,18H,1-2,7-9H2. The molecule has 1 saturated heterocycles. The van der Waals surface area contributed by atoms with Crippen LogP contribution in [0, 0.1) is 0 Å². The fraction of sp³-hybridized carbons (Fsp3) is 0.400. The average Bonchev–Trinajstić information content (AvgIpc) is 2.86. The topological polar surface area (TPSA) is 37.0 Å². The molecule has 100 valence electrons. The Morgan fingerprint density at radius 1 is 1.16 bits per heavy atom. The van der Waals surface area contributed by atoms with Crippen LogP contribution in [-0.4, -0.2) is 24.1 Å². The molecule has 1 unspecified atom stereocenters. The summed E-state index contributed by atoms with van der Waals surface area (Å²) in [6.07, 6.45) is 5.56. The average molecular weight is 273 g/mol. The molecule has 1 aliphatic heterocycles. The van der Waals surface area contributed by atoms with Gasteiger partial charge in [0.1, 0.15) is 5.01 Å². The fourth-order valence-corrected chi connectivity index (χ4v) is 3.12. The zero-order valence-corrected chi connectivity index (χ0v) is 11.7. The molecule has 3 rings (SSSR count). The van der Waals surface area contributed by atoms with Crippen molar-refractivity contribution in [1.29, 1.82) is 0 Å². The van der Waals surface area contributed by atoms with Gasteiger partial charge >= 0.3 is 0 Å². The van der Waals surface area contributed by atoms with Crippen molar-refractivity contribution >= 4 is 17.0 Å². The summed E-state index contributed by atoms with van der Waals surface area (Å²) in [5.41, 5.74) is 2.41. The van der Waals surface area contributed by atoms with E-state index in [0.29, 0.717) is 6.04 Å². The van der Waals surface area contributed by atoms with Crippen LogP contribution in [0.5, 0.6) is 0 Å². The first-order chi connectivity index (χ1) is 9.42. The highest BCUT2D eigenvalue weighted by atomic mass is 32.1. The summed E-state index contributed by atoms with van der Waals surface area (Å²) in [6.45, 7) is 2.27. The largest absolute Gasteiger partial charge is 0.382 e. The van der Waals surface area contributed by atoms with Crippen molar-refractivity contribution in [2.24, 2.45) is 0 Å². The lowest BCUT2D eigenvalue weighted by Gasteiger charge is -2.17. The van der Waals surface area contributed by atoms with Gasteiger partial charge in [0.05, 0.1) is 0 Å². The first-order valence-corrected chi connectivity index (χ1v) is 7.77. The zero-order chi connectivity index (χ0) is 12.9.